The van der Waals surface area contributed by atoms with Gasteiger partial charge in [-0.1, -0.05) is 23.7 Å². The fourth-order valence-electron chi connectivity index (χ4n) is 2.75. The molecule has 0 aliphatic heterocycles. The number of benzene rings is 2. The van der Waals surface area contributed by atoms with Crippen molar-refractivity contribution in [3.8, 4) is 11.5 Å². The smallest absolute Gasteiger partial charge is 0.417 e. The SMILES string of the molecule is COc1cccc(CN(C)C(C)C(=O)Nc2ccc(Cl)c(C(F)(F)F)c2)c1OC. The molecule has 2 rings (SSSR count). The summed E-state index contributed by atoms with van der Waals surface area (Å²) in [6, 6.07) is 8.03. The van der Waals surface area contributed by atoms with Crippen molar-refractivity contribution in [2.24, 2.45) is 0 Å². The molecule has 0 saturated heterocycles. The molecule has 0 radical (unpaired) electrons. The number of likely N-dealkylation sites (N-methyl/N-ethyl adjacent to an activating group) is 1. The minimum atomic E-state index is -4.61. The number of nitrogens with one attached hydrogen (secondary N) is 1. The second-order valence-electron chi connectivity index (χ2n) is 6.43. The van der Waals surface area contributed by atoms with Gasteiger partial charge >= 0.3 is 6.18 Å². The first-order valence-electron chi connectivity index (χ1n) is 8.66. The number of nitrogens with zero attached hydrogens (tertiary/aromatic N) is 1. The quantitative estimate of drug-likeness (QED) is 0.683. The van der Waals surface area contributed by atoms with E-state index in [1.165, 1.54) is 20.3 Å². The number of methoxy groups -OCH3 is 2. The molecule has 1 atom stereocenters. The minimum Gasteiger partial charge on any atom is -0.493 e. The largest absolute Gasteiger partial charge is 0.493 e. The summed E-state index contributed by atoms with van der Waals surface area (Å²) < 4.78 is 49.7. The number of anilines is 1. The first kappa shape index (κ1) is 22.8. The van der Waals surface area contributed by atoms with Crippen molar-refractivity contribution in [2.45, 2.75) is 25.7 Å². The Morgan fingerprint density at radius 2 is 1.90 bits per heavy atom. The van der Waals surface area contributed by atoms with Gasteiger partial charge in [-0.15, -0.1) is 0 Å². The maximum absolute atomic E-state index is 13.0. The second-order valence-corrected chi connectivity index (χ2v) is 6.83. The normalized spacial score (nSPS) is 12.6. The van der Waals surface area contributed by atoms with Crippen LogP contribution in [0.2, 0.25) is 5.02 Å². The lowest BCUT2D eigenvalue weighted by Gasteiger charge is -2.25. The molecule has 0 fully saturated rings. The van der Waals surface area contributed by atoms with Gasteiger partial charge in [0.05, 0.1) is 30.8 Å². The van der Waals surface area contributed by atoms with Crippen LogP contribution in [0.4, 0.5) is 18.9 Å². The second kappa shape index (κ2) is 9.37. The Balaban J connectivity index is 2.13. The van der Waals surface area contributed by atoms with Crippen molar-refractivity contribution in [3.05, 3.63) is 52.5 Å². The molecule has 0 heterocycles. The van der Waals surface area contributed by atoms with E-state index in [1.54, 1.807) is 24.9 Å². The van der Waals surface area contributed by atoms with Gasteiger partial charge in [-0.3, -0.25) is 9.69 Å². The molecule has 1 amide bonds. The van der Waals surface area contributed by atoms with Crippen LogP contribution >= 0.6 is 11.6 Å². The van der Waals surface area contributed by atoms with Crippen LogP contribution < -0.4 is 14.8 Å². The molecule has 0 spiro atoms. The highest BCUT2D eigenvalue weighted by Crippen LogP contribution is 2.36. The van der Waals surface area contributed by atoms with Crippen LogP contribution in [0.15, 0.2) is 36.4 Å². The summed E-state index contributed by atoms with van der Waals surface area (Å²) in [5.41, 5.74) is -0.176. The van der Waals surface area contributed by atoms with Gasteiger partial charge in [0.1, 0.15) is 0 Å². The van der Waals surface area contributed by atoms with Crippen LogP contribution in [-0.2, 0) is 17.5 Å². The van der Waals surface area contributed by atoms with E-state index in [-0.39, 0.29) is 5.69 Å². The first-order valence-corrected chi connectivity index (χ1v) is 9.04. The lowest BCUT2D eigenvalue weighted by Crippen LogP contribution is -2.39. The molecule has 1 unspecified atom stereocenters. The average molecular weight is 431 g/mol. The van der Waals surface area contributed by atoms with Crippen molar-refractivity contribution in [1.29, 1.82) is 0 Å². The highest BCUT2D eigenvalue weighted by atomic mass is 35.5. The molecule has 0 aromatic heterocycles. The summed E-state index contributed by atoms with van der Waals surface area (Å²) in [6.07, 6.45) is -4.61. The highest BCUT2D eigenvalue weighted by molar-refractivity contribution is 6.31. The zero-order chi connectivity index (χ0) is 21.8. The maximum atomic E-state index is 13.0. The molecule has 1 N–H and O–H groups in total. The summed E-state index contributed by atoms with van der Waals surface area (Å²) in [5, 5.41) is 2.08. The van der Waals surface area contributed by atoms with E-state index in [0.717, 1.165) is 17.7 Å². The van der Waals surface area contributed by atoms with E-state index in [1.807, 2.05) is 12.1 Å². The van der Waals surface area contributed by atoms with E-state index < -0.39 is 28.7 Å². The highest BCUT2D eigenvalue weighted by Gasteiger charge is 2.33. The lowest BCUT2D eigenvalue weighted by molar-refractivity contribution is -0.137. The van der Waals surface area contributed by atoms with Gasteiger partial charge in [-0.2, -0.15) is 13.2 Å². The monoisotopic (exact) mass is 430 g/mol. The summed E-state index contributed by atoms with van der Waals surface area (Å²) in [6.45, 7) is 2.02. The van der Waals surface area contributed by atoms with Crippen molar-refractivity contribution < 1.29 is 27.4 Å². The molecule has 0 aliphatic carbocycles. The molecule has 29 heavy (non-hydrogen) atoms. The maximum Gasteiger partial charge on any atom is 0.417 e. The van der Waals surface area contributed by atoms with Gasteiger partial charge in [0.25, 0.3) is 0 Å². The molecule has 0 aliphatic rings. The molecule has 2 aromatic carbocycles. The van der Waals surface area contributed by atoms with Crippen LogP contribution in [-0.4, -0.2) is 38.1 Å². The predicted molar refractivity (Wildman–Crippen MR) is 106 cm³/mol. The Labute approximate surface area is 172 Å². The Bertz CT molecular complexity index is 875. The van der Waals surface area contributed by atoms with E-state index in [9.17, 15) is 18.0 Å². The van der Waals surface area contributed by atoms with Crippen LogP contribution in [0.1, 0.15) is 18.1 Å². The van der Waals surface area contributed by atoms with Crippen molar-refractivity contribution in [3.63, 3.8) is 0 Å². The topological polar surface area (TPSA) is 50.8 Å². The summed E-state index contributed by atoms with van der Waals surface area (Å²) in [4.78, 5) is 14.3. The van der Waals surface area contributed by atoms with E-state index in [0.29, 0.717) is 18.0 Å². The molecule has 2 aromatic rings. The van der Waals surface area contributed by atoms with Crippen LogP contribution in [0.5, 0.6) is 11.5 Å². The van der Waals surface area contributed by atoms with Crippen LogP contribution in [0, 0.1) is 0 Å². The number of ether oxygens (including phenoxy) is 2. The van der Waals surface area contributed by atoms with E-state index in [4.69, 9.17) is 21.1 Å². The predicted octanol–water partition coefficient (Wildman–Crippen LogP) is 4.84. The fourth-order valence-corrected chi connectivity index (χ4v) is 2.98. The first-order chi connectivity index (χ1) is 13.6. The van der Waals surface area contributed by atoms with Crippen molar-refractivity contribution in [2.75, 3.05) is 26.6 Å². The minimum absolute atomic E-state index is 0.0194. The lowest BCUT2D eigenvalue weighted by atomic mass is 10.1. The third-order valence-electron chi connectivity index (χ3n) is 4.48. The van der Waals surface area contributed by atoms with Gasteiger partial charge in [0.15, 0.2) is 11.5 Å². The zero-order valence-corrected chi connectivity index (χ0v) is 17.2. The average Bonchev–Trinajstić information content (AvgIpc) is 2.67. The number of hydrogen-bond acceptors (Lipinski definition) is 4. The molecular weight excluding hydrogens is 409 g/mol. The third-order valence-corrected chi connectivity index (χ3v) is 4.81. The Morgan fingerprint density at radius 1 is 1.21 bits per heavy atom. The number of amides is 1. The van der Waals surface area contributed by atoms with Gasteiger partial charge in [-0.05, 0) is 38.2 Å². The molecular formula is C20H22ClF3N2O3. The number of alkyl halides is 3. The number of rotatable bonds is 7. The Hall–Kier alpha value is -2.45. The Kier molecular flexibility index (Phi) is 7.37. The Morgan fingerprint density at radius 3 is 2.48 bits per heavy atom. The fraction of sp³-hybridized carbons (Fsp3) is 0.350. The van der Waals surface area contributed by atoms with Gasteiger partial charge in [0.2, 0.25) is 5.91 Å². The molecule has 0 saturated carbocycles. The number of para-hydroxylation sites is 1. The van der Waals surface area contributed by atoms with E-state index >= 15 is 0 Å². The van der Waals surface area contributed by atoms with Crippen LogP contribution in [0.25, 0.3) is 0 Å². The van der Waals surface area contributed by atoms with Crippen molar-refractivity contribution in [1.82, 2.24) is 4.90 Å². The van der Waals surface area contributed by atoms with Crippen molar-refractivity contribution >= 4 is 23.2 Å². The van der Waals surface area contributed by atoms with Crippen LogP contribution in [0.3, 0.4) is 0 Å². The number of carbonyl (C=O) groups excluding carboxylic acids is 1. The number of halogens is 4. The van der Waals surface area contributed by atoms with Gasteiger partial charge < -0.3 is 14.8 Å². The summed E-state index contributed by atoms with van der Waals surface area (Å²) in [7, 11) is 4.78. The number of hydrogen-bond donors (Lipinski definition) is 1. The molecule has 0 bridgehead atoms. The molecule has 158 valence electrons. The van der Waals surface area contributed by atoms with E-state index in [2.05, 4.69) is 5.32 Å². The zero-order valence-electron chi connectivity index (χ0n) is 16.4. The molecule has 9 heteroatoms. The standard InChI is InChI=1S/C20H22ClF3N2O3/c1-12(26(2)11-13-6-5-7-17(28-3)18(13)29-4)19(27)25-14-8-9-16(21)15(10-14)20(22,23)24/h5-10,12H,11H2,1-4H3,(H,25,27). The van der Waals surface area contributed by atoms with Gasteiger partial charge in [0, 0.05) is 17.8 Å². The summed E-state index contributed by atoms with van der Waals surface area (Å²) >= 11 is 5.61. The third kappa shape index (κ3) is 5.55. The summed E-state index contributed by atoms with van der Waals surface area (Å²) in [5.74, 6) is 0.670. The molecule has 5 nitrogen and oxygen atoms in total. The van der Waals surface area contributed by atoms with Gasteiger partial charge in [-0.25, -0.2) is 0 Å². The number of carbonyl (C=O) groups is 1.